The second-order valence-electron chi connectivity index (χ2n) is 8.79. The summed E-state index contributed by atoms with van der Waals surface area (Å²) in [5.41, 5.74) is 3.09. The Kier molecular flexibility index (Phi) is 5.15. The van der Waals surface area contributed by atoms with E-state index in [0.717, 1.165) is 63.4 Å². The van der Waals surface area contributed by atoms with Gasteiger partial charge in [0.05, 0.1) is 5.41 Å². The fourth-order valence-corrected chi connectivity index (χ4v) is 5.44. The SMILES string of the molecule is C[C@@H]1CCc2ncnc(N3CCN(C(=O)[C@]4(c5ccc(Cl)cc5)CCNC4)CC3)c21. The number of hydrogen-bond acceptors (Lipinski definition) is 5. The van der Waals surface area contributed by atoms with Crippen molar-refractivity contribution in [2.45, 2.75) is 37.5 Å². The van der Waals surface area contributed by atoms with E-state index >= 15 is 0 Å². The maximum atomic E-state index is 13.7. The lowest BCUT2D eigenvalue weighted by Gasteiger charge is -2.40. The highest BCUT2D eigenvalue weighted by atomic mass is 35.5. The zero-order valence-electron chi connectivity index (χ0n) is 17.4. The molecule has 1 amide bonds. The molecule has 158 valence electrons. The molecular weight excluding hydrogens is 398 g/mol. The summed E-state index contributed by atoms with van der Waals surface area (Å²) in [5, 5.41) is 4.11. The Bertz CT molecular complexity index is 933. The van der Waals surface area contributed by atoms with Gasteiger partial charge in [-0.1, -0.05) is 30.7 Å². The van der Waals surface area contributed by atoms with Gasteiger partial charge < -0.3 is 15.1 Å². The molecule has 30 heavy (non-hydrogen) atoms. The molecule has 0 radical (unpaired) electrons. The summed E-state index contributed by atoms with van der Waals surface area (Å²) in [6.45, 7) is 6.88. The molecule has 1 aromatic heterocycles. The highest BCUT2D eigenvalue weighted by Gasteiger charge is 2.45. The molecule has 0 saturated carbocycles. The van der Waals surface area contributed by atoms with Crippen LogP contribution in [-0.4, -0.2) is 60.0 Å². The largest absolute Gasteiger partial charge is 0.353 e. The summed E-state index contributed by atoms with van der Waals surface area (Å²) in [7, 11) is 0. The van der Waals surface area contributed by atoms with E-state index in [2.05, 4.69) is 27.1 Å². The number of benzene rings is 1. The highest BCUT2D eigenvalue weighted by molar-refractivity contribution is 6.30. The van der Waals surface area contributed by atoms with Crippen molar-refractivity contribution in [2.24, 2.45) is 0 Å². The molecule has 1 aliphatic carbocycles. The lowest BCUT2D eigenvalue weighted by atomic mass is 9.78. The van der Waals surface area contributed by atoms with Gasteiger partial charge in [-0.2, -0.15) is 0 Å². The maximum Gasteiger partial charge on any atom is 0.234 e. The van der Waals surface area contributed by atoms with E-state index < -0.39 is 5.41 Å². The van der Waals surface area contributed by atoms with Crippen LogP contribution in [0.5, 0.6) is 0 Å². The van der Waals surface area contributed by atoms with Gasteiger partial charge in [0, 0.05) is 49.0 Å². The third kappa shape index (κ3) is 3.26. The van der Waals surface area contributed by atoms with E-state index in [0.29, 0.717) is 17.5 Å². The smallest absolute Gasteiger partial charge is 0.234 e. The lowest BCUT2D eigenvalue weighted by Crippen LogP contribution is -2.55. The predicted molar refractivity (Wildman–Crippen MR) is 118 cm³/mol. The number of rotatable bonds is 3. The number of fused-ring (bicyclic) bond motifs is 1. The van der Waals surface area contributed by atoms with Crippen molar-refractivity contribution in [3.05, 3.63) is 52.4 Å². The Hall–Kier alpha value is -2.18. The van der Waals surface area contributed by atoms with Crippen molar-refractivity contribution >= 4 is 23.3 Å². The second kappa shape index (κ2) is 7.82. The molecule has 3 aliphatic rings. The molecule has 7 heteroatoms. The number of aryl methyl sites for hydroxylation is 1. The molecule has 3 heterocycles. The Morgan fingerprint density at radius 3 is 2.63 bits per heavy atom. The minimum atomic E-state index is -0.489. The van der Waals surface area contributed by atoms with Crippen molar-refractivity contribution < 1.29 is 4.79 Å². The first-order chi connectivity index (χ1) is 14.6. The molecule has 2 fully saturated rings. The molecule has 2 aliphatic heterocycles. The van der Waals surface area contributed by atoms with Gasteiger partial charge >= 0.3 is 0 Å². The second-order valence-corrected chi connectivity index (χ2v) is 9.23. The standard InChI is InChI=1S/C23H28ClN5O/c1-16-2-7-19-20(16)21(27-15-26-19)28-10-12-29(13-11-28)22(30)23(8-9-25-14-23)17-3-5-18(24)6-4-17/h3-6,15-16,25H,2,7-14H2,1H3/t16-,23-/m1/s1. The van der Waals surface area contributed by atoms with Gasteiger partial charge in [0.2, 0.25) is 5.91 Å². The van der Waals surface area contributed by atoms with Crippen molar-refractivity contribution in [1.29, 1.82) is 0 Å². The van der Waals surface area contributed by atoms with Crippen LogP contribution in [0.25, 0.3) is 0 Å². The van der Waals surface area contributed by atoms with Gasteiger partial charge in [0.15, 0.2) is 0 Å². The zero-order chi connectivity index (χ0) is 20.7. The fraction of sp³-hybridized carbons (Fsp3) is 0.522. The number of aromatic nitrogens is 2. The van der Waals surface area contributed by atoms with Crippen molar-refractivity contribution in [2.75, 3.05) is 44.2 Å². The third-order valence-electron chi connectivity index (χ3n) is 7.08. The van der Waals surface area contributed by atoms with E-state index in [1.165, 1.54) is 11.3 Å². The van der Waals surface area contributed by atoms with Gasteiger partial charge in [-0.3, -0.25) is 4.79 Å². The van der Waals surface area contributed by atoms with Crippen LogP contribution in [0.4, 0.5) is 5.82 Å². The van der Waals surface area contributed by atoms with Crippen LogP contribution in [0.15, 0.2) is 30.6 Å². The molecule has 0 unspecified atom stereocenters. The molecule has 1 aromatic carbocycles. The van der Waals surface area contributed by atoms with Crippen molar-refractivity contribution in [1.82, 2.24) is 20.2 Å². The first kappa shape index (κ1) is 19.8. The van der Waals surface area contributed by atoms with E-state index in [9.17, 15) is 4.79 Å². The average molecular weight is 426 g/mol. The topological polar surface area (TPSA) is 61.4 Å². The molecule has 5 rings (SSSR count). The highest BCUT2D eigenvalue weighted by Crippen LogP contribution is 2.38. The summed E-state index contributed by atoms with van der Waals surface area (Å²) in [5.74, 6) is 1.82. The Morgan fingerprint density at radius 1 is 1.17 bits per heavy atom. The summed E-state index contributed by atoms with van der Waals surface area (Å²) in [6, 6.07) is 7.79. The van der Waals surface area contributed by atoms with Gasteiger partial charge in [-0.25, -0.2) is 9.97 Å². The number of halogens is 1. The molecule has 0 bridgehead atoms. The van der Waals surface area contributed by atoms with Gasteiger partial charge in [-0.15, -0.1) is 0 Å². The van der Waals surface area contributed by atoms with Gasteiger partial charge in [0.25, 0.3) is 0 Å². The first-order valence-corrected chi connectivity index (χ1v) is 11.3. The lowest BCUT2D eigenvalue weighted by molar-refractivity contribution is -0.137. The monoisotopic (exact) mass is 425 g/mol. The number of carbonyl (C=O) groups is 1. The predicted octanol–water partition coefficient (Wildman–Crippen LogP) is 2.76. The van der Waals surface area contributed by atoms with Gasteiger partial charge in [-0.05, 0) is 49.4 Å². The zero-order valence-corrected chi connectivity index (χ0v) is 18.2. The van der Waals surface area contributed by atoms with Crippen LogP contribution in [0.3, 0.4) is 0 Å². The molecule has 0 spiro atoms. The van der Waals surface area contributed by atoms with E-state index in [1.807, 2.05) is 29.2 Å². The Labute approximate surface area is 182 Å². The number of nitrogens with zero attached hydrogens (tertiary/aromatic N) is 4. The Balaban J connectivity index is 1.34. The molecule has 2 atom stereocenters. The molecule has 2 saturated heterocycles. The van der Waals surface area contributed by atoms with Crippen LogP contribution in [0.1, 0.15) is 42.5 Å². The summed E-state index contributed by atoms with van der Waals surface area (Å²) in [6.07, 6.45) is 4.71. The van der Waals surface area contributed by atoms with Crippen molar-refractivity contribution in [3.63, 3.8) is 0 Å². The average Bonchev–Trinajstić information content (AvgIpc) is 3.42. The molecule has 6 nitrogen and oxygen atoms in total. The Morgan fingerprint density at radius 2 is 1.93 bits per heavy atom. The molecular formula is C23H28ClN5O. The minimum absolute atomic E-state index is 0.232. The number of carbonyl (C=O) groups excluding carboxylic acids is 1. The summed E-state index contributed by atoms with van der Waals surface area (Å²) < 4.78 is 0. The van der Waals surface area contributed by atoms with Crippen LogP contribution in [0, 0.1) is 0 Å². The van der Waals surface area contributed by atoms with Gasteiger partial charge in [0.1, 0.15) is 12.1 Å². The minimum Gasteiger partial charge on any atom is -0.353 e. The van der Waals surface area contributed by atoms with Crippen LogP contribution in [0.2, 0.25) is 5.02 Å². The van der Waals surface area contributed by atoms with Crippen molar-refractivity contribution in [3.8, 4) is 0 Å². The van der Waals surface area contributed by atoms with E-state index in [-0.39, 0.29) is 5.91 Å². The van der Waals surface area contributed by atoms with Crippen LogP contribution < -0.4 is 10.2 Å². The third-order valence-corrected chi connectivity index (χ3v) is 7.33. The number of piperazine rings is 1. The molecule has 1 N–H and O–H groups in total. The fourth-order valence-electron chi connectivity index (χ4n) is 5.31. The maximum absolute atomic E-state index is 13.7. The summed E-state index contributed by atoms with van der Waals surface area (Å²) >= 11 is 6.09. The number of anilines is 1. The van der Waals surface area contributed by atoms with Crippen LogP contribution >= 0.6 is 11.6 Å². The molecule has 2 aromatic rings. The number of amides is 1. The van der Waals surface area contributed by atoms with E-state index in [4.69, 9.17) is 11.6 Å². The quantitative estimate of drug-likeness (QED) is 0.819. The number of hydrogen-bond donors (Lipinski definition) is 1. The number of nitrogens with one attached hydrogen (secondary N) is 1. The van der Waals surface area contributed by atoms with Crippen LogP contribution in [-0.2, 0) is 16.6 Å². The van der Waals surface area contributed by atoms with E-state index in [1.54, 1.807) is 6.33 Å². The normalized spacial score (nSPS) is 26.1. The summed E-state index contributed by atoms with van der Waals surface area (Å²) in [4.78, 5) is 27.2. The first-order valence-electron chi connectivity index (χ1n) is 10.9.